The Kier molecular flexibility index (Phi) is 6.04. The standard InChI is InChI=1S/C24H29N3O3/c1-17(2)29-16-23(28)26-12-8-21(9-13-26)30-20-6-4-19(5-7-20)22-10-14-27-15-11-25-24(27)18(22)3/h4-7,10-11,14-15,17,21H,8-9,12-13,16H2,1-3H3. The highest BCUT2D eigenvalue weighted by atomic mass is 16.5. The number of hydrogen-bond donors (Lipinski definition) is 0. The molecule has 0 aliphatic carbocycles. The summed E-state index contributed by atoms with van der Waals surface area (Å²) in [6, 6.07) is 10.4. The first-order valence-electron chi connectivity index (χ1n) is 10.6. The highest BCUT2D eigenvalue weighted by Gasteiger charge is 2.24. The first-order chi connectivity index (χ1) is 14.5. The molecule has 3 heterocycles. The summed E-state index contributed by atoms with van der Waals surface area (Å²) in [5, 5.41) is 0. The van der Waals surface area contributed by atoms with Gasteiger partial charge in [-0.3, -0.25) is 4.79 Å². The molecule has 6 heteroatoms. The van der Waals surface area contributed by atoms with Crippen LogP contribution in [0.15, 0.2) is 48.9 Å². The number of piperidine rings is 1. The van der Waals surface area contributed by atoms with Crippen LogP contribution < -0.4 is 4.74 Å². The summed E-state index contributed by atoms with van der Waals surface area (Å²) < 4.78 is 13.6. The molecule has 0 atom stereocenters. The molecule has 1 amide bonds. The molecule has 6 nitrogen and oxygen atoms in total. The second kappa shape index (κ2) is 8.88. The number of rotatable bonds is 6. The van der Waals surface area contributed by atoms with Crippen molar-refractivity contribution in [1.29, 1.82) is 0 Å². The van der Waals surface area contributed by atoms with Crippen molar-refractivity contribution in [1.82, 2.24) is 14.3 Å². The van der Waals surface area contributed by atoms with E-state index in [2.05, 4.69) is 30.1 Å². The first-order valence-corrected chi connectivity index (χ1v) is 10.6. The Labute approximate surface area is 177 Å². The molecule has 3 aromatic rings. The molecule has 0 radical (unpaired) electrons. The zero-order valence-electron chi connectivity index (χ0n) is 17.9. The zero-order valence-corrected chi connectivity index (χ0v) is 17.9. The second-order valence-electron chi connectivity index (χ2n) is 8.09. The number of amides is 1. The third kappa shape index (κ3) is 4.49. The first kappa shape index (κ1) is 20.4. The maximum Gasteiger partial charge on any atom is 0.248 e. The Balaban J connectivity index is 1.34. The minimum Gasteiger partial charge on any atom is -0.490 e. The van der Waals surface area contributed by atoms with Gasteiger partial charge >= 0.3 is 0 Å². The summed E-state index contributed by atoms with van der Waals surface area (Å²) in [6.07, 6.45) is 7.70. The van der Waals surface area contributed by atoms with Gasteiger partial charge in [0.2, 0.25) is 5.91 Å². The van der Waals surface area contributed by atoms with Gasteiger partial charge in [0.05, 0.1) is 6.10 Å². The number of likely N-dealkylation sites (tertiary alicyclic amines) is 1. The molecule has 0 unspecified atom stereocenters. The number of fused-ring (bicyclic) bond motifs is 1. The number of nitrogens with zero attached hydrogens (tertiary/aromatic N) is 3. The Morgan fingerprint density at radius 1 is 1.13 bits per heavy atom. The summed E-state index contributed by atoms with van der Waals surface area (Å²) in [5.74, 6) is 0.933. The van der Waals surface area contributed by atoms with E-state index >= 15 is 0 Å². The number of ether oxygens (including phenoxy) is 2. The summed E-state index contributed by atoms with van der Waals surface area (Å²) in [5.41, 5.74) is 4.47. The van der Waals surface area contributed by atoms with Gasteiger partial charge in [-0.15, -0.1) is 0 Å². The van der Waals surface area contributed by atoms with Gasteiger partial charge in [-0.2, -0.15) is 0 Å². The van der Waals surface area contributed by atoms with Gasteiger partial charge in [-0.1, -0.05) is 12.1 Å². The largest absolute Gasteiger partial charge is 0.490 e. The molecule has 0 spiro atoms. The van der Waals surface area contributed by atoms with Gasteiger partial charge in [0.25, 0.3) is 0 Å². The monoisotopic (exact) mass is 407 g/mol. The van der Waals surface area contributed by atoms with Crippen molar-refractivity contribution in [3.05, 3.63) is 54.5 Å². The Morgan fingerprint density at radius 3 is 2.57 bits per heavy atom. The number of aromatic nitrogens is 2. The lowest BCUT2D eigenvalue weighted by molar-refractivity contribution is -0.139. The van der Waals surface area contributed by atoms with Crippen molar-refractivity contribution in [2.24, 2.45) is 0 Å². The molecule has 0 saturated carbocycles. The quantitative estimate of drug-likeness (QED) is 0.617. The van der Waals surface area contributed by atoms with E-state index in [9.17, 15) is 4.79 Å². The van der Waals surface area contributed by atoms with Crippen LogP contribution in [0.25, 0.3) is 16.8 Å². The maximum atomic E-state index is 12.2. The van der Waals surface area contributed by atoms with Crippen LogP contribution in [0.4, 0.5) is 0 Å². The van der Waals surface area contributed by atoms with Gasteiger partial charge in [-0.25, -0.2) is 4.98 Å². The number of benzene rings is 1. The van der Waals surface area contributed by atoms with Crippen LogP contribution in [-0.2, 0) is 9.53 Å². The lowest BCUT2D eigenvalue weighted by Gasteiger charge is -2.32. The average Bonchev–Trinajstić information content (AvgIpc) is 3.23. The molecule has 2 aromatic heterocycles. The van der Waals surface area contributed by atoms with Crippen LogP contribution in [0.1, 0.15) is 32.3 Å². The van der Waals surface area contributed by atoms with Crippen LogP contribution in [0, 0.1) is 6.92 Å². The Bertz CT molecular complexity index is 1000. The van der Waals surface area contributed by atoms with Crippen LogP contribution in [0.2, 0.25) is 0 Å². The van der Waals surface area contributed by atoms with E-state index in [1.807, 2.05) is 53.9 Å². The number of pyridine rings is 1. The molecular formula is C24H29N3O3. The summed E-state index contributed by atoms with van der Waals surface area (Å²) in [4.78, 5) is 18.5. The van der Waals surface area contributed by atoms with Crippen molar-refractivity contribution in [3.8, 4) is 16.9 Å². The van der Waals surface area contributed by atoms with E-state index in [1.54, 1.807) is 0 Å². The molecule has 0 N–H and O–H groups in total. The molecule has 4 rings (SSSR count). The molecule has 1 aromatic carbocycles. The fourth-order valence-electron chi connectivity index (χ4n) is 3.89. The minimum atomic E-state index is 0.0660. The van der Waals surface area contributed by atoms with Crippen molar-refractivity contribution in [2.45, 2.75) is 45.8 Å². The smallest absolute Gasteiger partial charge is 0.248 e. The average molecular weight is 408 g/mol. The van der Waals surface area contributed by atoms with Crippen molar-refractivity contribution < 1.29 is 14.3 Å². The van der Waals surface area contributed by atoms with Crippen LogP contribution in [0.3, 0.4) is 0 Å². The maximum absolute atomic E-state index is 12.2. The molecule has 30 heavy (non-hydrogen) atoms. The van der Waals surface area contributed by atoms with Gasteiger partial charge in [0.1, 0.15) is 24.1 Å². The molecule has 1 saturated heterocycles. The lowest BCUT2D eigenvalue weighted by atomic mass is 10.0. The number of aryl methyl sites for hydroxylation is 1. The van der Waals surface area contributed by atoms with Crippen LogP contribution >= 0.6 is 0 Å². The number of imidazole rings is 1. The van der Waals surface area contributed by atoms with E-state index in [0.717, 1.165) is 35.4 Å². The number of hydrogen-bond acceptors (Lipinski definition) is 4. The topological polar surface area (TPSA) is 56.1 Å². The third-order valence-corrected chi connectivity index (χ3v) is 5.61. The zero-order chi connectivity index (χ0) is 21.1. The van der Waals surface area contributed by atoms with Crippen molar-refractivity contribution in [3.63, 3.8) is 0 Å². The van der Waals surface area contributed by atoms with Gasteiger partial charge in [0, 0.05) is 50.1 Å². The van der Waals surface area contributed by atoms with Crippen LogP contribution in [0.5, 0.6) is 5.75 Å². The predicted octanol–water partition coefficient (Wildman–Crippen LogP) is 4.10. The van der Waals surface area contributed by atoms with Crippen molar-refractivity contribution >= 4 is 11.6 Å². The summed E-state index contributed by atoms with van der Waals surface area (Å²) >= 11 is 0. The summed E-state index contributed by atoms with van der Waals surface area (Å²) in [7, 11) is 0. The normalized spacial score (nSPS) is 15.1. The van der Waals surface area contributed by atoms with E-state index < -0.39 is 0 Å². The molecule has 1 aliphatic heterocycles. The minimum absolute atomic E-state index is 0.0660. The third-order valence-electron chi connectivity index (χ3n) is 5.61. The SMILES string of the molecule is Cc1c(-c2ccc(OC3CCN(C(=O)COC(C)C)CC3)cc2)ccn2ccnc12. The predicted molar refractivity (Wildman–Crippen MR) is 117 cm³/mol. The Morgan fingerprint density at radius 2 is 1.87 bits per heavy atom. The van der Waals surface area contributed by atoms with E-state index in [4.69, 9.17) is 9.47 Å². The highest BCUT2D eigenvalue weighted by molar-refractivity contribution is 5.77. The van der Waals surface area contributed by atoms with Gasteiger partial charge in [0.15, 0.2) is 0 Å². The Hall–Kier alpha value is -2.86. The molecule has 1 aliphatic rings. The van der Waals surface area contributed by atoms with Crippen LogP contribution in [-0.4, -0.2) is 52.1 Å². The number of carbonyl (C=O) groups is 1. The molecule has 158 valence electrons. The molecular weight excluding hydrogens is 378 g/mol. The van der Waals surface area contributed by atoms with E-state index in [1.165, 1.54) is 5.56 Å². The lowest BCUT2D eigenvalue weighted by Crippen LogP contribution is -2.43. The fraction of sp³-hybridized carbons (Fsp3) is 0.417. The summed E-state index contributed by atoms with van der Waals surface area (Å²) in [6.45, 7) is 7.57. The van der Waals surface area contributed by atoms with Gasteiger partial charge in [-0.05, 0) is 50.1 Å². The van der Waals surface area contributed by atoms with E-state index in [0.29, 0.717) is 13.1 Å². The highest BCUT2D eigenvalue weighted by Crippen LogP contribution is 2.28. The fourth-order valence-corrected chi connectivity index (χ4v) is 3.89. The van der Waals surface area contributed by atoms with Gasteiger partial charge < -0.3 is 18.8 Å². The number of carbonyl (C=O) groups excluding carboxylic acids is 1. The molecule has 0 bridgehead atoms. The van der Waals surface area contributed by atoms with Crippen molar-refractivity contribution in [2.75, 3.05) is 19.7 Å². The second-order valence-corrected chi connectivity index (χ2v) is 8.09. The van der Waals surface area contributed by atoms with E-state index in [-0.39, 0.29) is 24.7 Å². The molecule has 1 fully saturated rings.